The number of carbonyl (C=O) groups excluding carboxylic acids is 2. The van der Waals surface area contributed by atoms with E-state index in [1.54, 1.807) is 25.6 Å². The molecule has 1 aromatic carbocycles. The van der Waals surface area contributed by atoms with Crippen molar-refractivity contribution in [3.8, 4) is 0 Å². The van der Waals surface area contributed by atoms with Crippen LogP contribution >= 0.6 is 11.6 Å². The number of sulfonamides is 1. The first-order valence-electron chi connectivity index (χ1n) is 9.84. The molecule has 1 N–H and O–H groups in total. The molecule has 2 aromatic rings. The van der Waals surface area contributed by atoms with Crippen LogP contribution in [0.4, 0.5) is 5.69 Å². The van der Waals surface area contributed by atoms with Crippen LogP contribution in [0, 0.1) is 13.8 Å². The van der Waals surface area contributed by atoms with Gasteiger partial charge in [0, 0.05) is 20.1 Å². The van der Waals surface area contributed by atoms with Gasteiger partial charge in [-0.2, -0.15) is 9.40 Å². The van der Waals surface area contributed by atoms with E-state index in [0.29, 0.717) is 24.5 Å². The van der Waals surface area contributed by atoms with Gasteiger partial charge < -0.3 is 10.1 Å². The standard InChI is InChI=1S/C20H25ClN4O5S/c1-12-18(13(2)24(4)23-12)22-19(26)14(3)30-20(27)16-11-15(7-8-17(16)21)31(28,29)25-9-5-6-10-25/h7-8,11,14H,5-6,9-10H2,1-4H3,(H,22,26). The molecule has 1 fully saturated rings. The van der Waals surface area contributed by atoms with E-state index in [9.17, 15) is 18.0 Å². The Kier molecular flexibility index (Phi) is 6.73. The molecule has 1 unspecified atom stereocenters. The van der Waals surface area contributed by atoms with E-state index in [4.69, 9.17) is 16.3 Å². The molecule has 11 heteroatoms. The average Bonchev–Trinajstić information content (AvgIpc) is 3.33. The van der Waals surface area contributed by atoms with Gasteiger partial charge in [-0.3, -0.25) is 9.48 Å². The molecule has 0 aliphatic carbocycles. The molecule has 1 aromatic heterocycles. The van der Waals surface area contributed by atoms with Crippen LogP contribution in [-0.4, -0.2) is 53.6 Å². The van der Waals surface area contributed by atoms with Gasteiger partial charge in [-0.25, -0.2) is 13.2 Å². The number of nitrogens with zero attached hydrogens (tertiary/aromatic N) is 3. The van der Waals surface area contributed by atoms with Crippen LogP contribution in [0.1, 0.15) is 41.5 Å². The van der Waals surface area contributed by atoms with Crippen molar-refractivity contribution in [2.75, 3.05) is 18.4 Å². The maximum absolute atomic E-state index is 12.8. The zero-order valence-corrected chi connectivity index (χ0v) is 19.4. The molecule has 1 aliphatic rings. The summed E-state index contributed by atoms with van der Waals surface area (Å²) in [5, 5.41) is 6.97. The first-order chi connectivity index (χ1) is 14.5. The van der Waals surface area contributed by atoms with E-state index >= 15 is 0 Å². The number of aromatic nitrogens is 2. The summed E-state index contributed by atoms with van der Waals surface area (Å²) in [5.74, 6) is -1.42. The van der Waals surface area contributed by atoms with Gasteiger partial charge in [-0.15, -0.1) is 0 Å². The number of benzene rings is 1. The van der Waals surface area contributed by atoms with Gasteiger partial charge in [-0.1, -0.05) is 11.6 Å². The summed E-state index contributed by atoms with van der Waals surface area (Å²) in [7, 11) is -1.97. The Bertz CT molecular complexity index is 1120. The van der Waals surface area contributed by atoms with Crippen LogP contribution in [0.2, 0.25) is 5.02 Å². The van der Waals surface area contributed by atoms with Gasteiger partial charge in [0.1, 0.15) is 0 Å². The topological polar surface area (TPSA) is 111 Å². The van der Waals surface area contributed by atoms with E-state index < -0.39 is 28.0 Å². The molecule has 9 nitrogen and oxygen atoms in total. The molecule has 1 amide bonds. The number of esters is 1. The Morgan fingerprint density at radius 2 is 1.87 bits per heavy atom. The van der Waals surface area contributed by atoms with E-state index in [-0.39, 0.29) is 15.5 Å². The van der Waals surface area contributed by atoms with Crippen molar-refractivity contribution in [1.29, 1.82) is 0 Å². The van der Waals surface area contributed by atoms with Gasteiger partial charge in [0.05, 0.1) is 32.6 Å². The predicted molar refractivity (Wildman–Crippen MR) is 116 cm³/mol. The van der Waals surface area contributed by atoms with Crippen LogP contribution in [0.3, 0.4) is 0 Å². The molecule has 168 valence electrons. The zero-order valence-electron chi connectivity index (χ0n) is 17.8. The second-order valence-electron chi connectivity index (χ2n) is 7.46. The number of aryl methyl sites for hydroxylation is 2. The van der Waals surface area contributed by atoms with Crippen molar-refractivity contribution in [2.24, 2.45) is 7.05 Å². The summed E-state index contributed by atoms with van der Waals surface area (Å²) >= 11 is 6.12. The highest BCUT2D eigenvalue weighted by Crippen LogP contribution is 2.26. The van der Waals surface area contributed by atoms with Crippen molar-refractivity contribution < 1.29 is 22.7 Å². The average molecular weight is 469 g/mol. The summed E-state index contributed by atoms with van der Waals surface area (Å²) in [6.07, 6.45) is 0.454. The van der Waals surface area contributed by atoms with Gasteiger partial charge in [0.25, 0.3) is 5.91 Å². The number of carbonyl (C=O) groups is 2. The van der Waals surface area contributed by atoms with Crippen LogP contribution in [0.25, 0.3) is 0 Å². The van der Waals surface area contributed by atoms with Crippen LogP contribution in [0.15, 0.2) is 23.1 Å². The number of rotatable bonds is 6. The van der Waals surface area contributed by atoms with Crippen molar-refractivity contribution in [1.82, 2.24) is 14.1 Å². The minimum atomic E-state index is -3.73. The largest absolute Gasteiger partial charge is 0.449 e. The Balaban J connectivity index is 1.75. The molecule has 0 saturated carbocycles. The molecular formula is C20H25ClN4O5S. The minimum absolute atomic E-state index is 0.0375. The van der Waals surface area contributed by atoms with Gasteiger partial charge in [0.15, 0.2) is 6.10 Å². The third-order valence-electron chi connectivity index (χ3n) is 5.27. The fourth-order valence-corrected chi connectivity index (χ4v) is 5.09. The van der Waals surface area contributed by atoms with E-state index in [1.807, 2.05) is 0 Å². The van der Waals surface area contributed by atoms with Crippen molar-refractivity contribution in [2.45, 2.75) is 44.6 Å². The number of nitrogens with one attached hydrogen (secondary N) is 1. The number of halogens is 1. The second kappa shape index (κ2) is 8.97. The van der Waals surface area contributed by atoms with E-state index in [0.717, 1.165) is 18.5 Å². The fourth-order valence-electron chi connectivity index (χ4n) is 3.36. The number of ether oxygens (including phenoxy) is 1. The Labute approximate surface area is 186 Å². The number of hydrogen-bond acceptors (Lipinski definition) is 6. The van der Waals surface area contributed by atoms with Crippen molar-refractivity contribution in [3.05, 3.63) is 40.2 Å². The maximum Gasteiger partial charge on any atom is 0.340 e. The minimum Gasteiger partial charge on any atom is -0.449 e. The van der Waals surface area contributed by atoms with Gasteiger partial charge in [-0.05, 0) is 51.8 Å². The summed E-state index contributed by atoms with van der Waals surface area (Å²) < 4.78 is 33.8. The Hall–Kier alpha value is -2.43. The summed E-state index contributed by atoms with van der Waals surface area (Å²) in [6, 6.07) is 3.89. The lowest BCUT2D eigenvalue weighted by molar-refractivity contribution is -0.123. The van der Waals surface area contributed by atoms with E-state index in [2.05, 4.69) is 10.4 Å². The SMILES string of the molecule is Cc1nn(C)c(C)c1NC(=O)C(C)OC(=O)c1cc(S(=O)(=O)N2CCCC2)ccc1Cl. The number of anilines is 1. The number of hydrogen-bond donors (Lipinski definition) is 1. The molecule has 1 atom stereocenters. The van der Waals surface area contributed by atoms with Crippen LogP contribution in [-0.2, 0) is 26.6 Å². The van der Waals surface area contributed by atoms with Gasteiger partial charge >= 0.3 is 5.97 Å². The molecule has 31 heavy (non-hydrogen) atoms. The Morgan fingerprint density at radius 1 is 1.23 bits per heavy atom. The molecule has 0 spiro atoms. The lowest BCUT2D eigenvalue weighted by atomic mass is 10.2. The van der Waals surface area contributed by atoms with Crippen molar-refractivity contribution >= 4 is 39.2 Å². The summed E-state index contributed by atoms with van der Waals surface area (Å²) in [4.78, 5) is 25.1. The monoisotopic (exact) mass is 468 g/mol. The molecule has 2 heterocycles. The molecule has 0 bridgehead atoms. The predicted octanol–water partition coefficient (Wildman–Crippen LogP) is 2.66. The molecule has 0 radical (unpaired) electrons. The van der Waals surface area contributed by atoms with Gasteiger partial charge in [0.2, 0.25) is 10.0 Å². The lowest BCUT2D eigenvalue weighted by Gasteiger charge is -2.17. The fraction of sp³-hybridized carbons (Fsp3) is 0.450. The maximum atomic E-state index is 12.8. The third-order valence-corrected chi connectivity index (χ3v) is 7.50. The highest BCUT2D eigenvalue weighted by Gasteiger charge is 2.29. The smallest absolute Gasteiger partial charge is 0.340 e. The summed E-state index contributed by atoms with van der Waals surface area (Å²) in [6.45, 7) is 5.86. The second-order valence-corrected chi connectivity index (χ2v) is 9.80. The summed E-state index contributed by atoms with van der Waals surface area (Å²) in [5.41, 5.74) is 1.82. The Morgan fingerprint density at radius 3 is 2.45 bits per heavy atom. The molecule has 1 aliphatic heterocycles. The van der Waals surface area contributed by atoms with Crippen LogP contribution in [0.5, 0.6) is 0 Å². The normalized spacial score (nSPS) is 15.6. The van der Waals surface area contributed by atoms with E-state index in [1.165, 1.54) is 29.4 Å². The quantitative estimate of drug-likeness (QED) is 0.652. The number of amides is 1. The van der Waals surface area contributed by atoms with Crippen LogP contribution < -0.4 is 5.32 Å². The first-order valence-corrected chi connectivity index (χ1v) is 11.7. The highest BCUT2D eigenvalue weighted by atomic mass is 35.5. The molecule has 3 rings (SSSR count). The van der Waals surface area contributed by atoms with Crippen molar-refractivity contribution in [3.63, 3.8) is 0 Å². The lowest BCUT2D eigenvalue weighted by Crippen LogP contribution is -2.31. The molecular weight excluding hydrogens is 444 g/mol. The molecule has 1 saturated heterocycles. The zero-order chi connectivity index (χ0) is 22.9. The first kappa shape index (κ1) is 23.2. The highest BCUT2D eigenvalue weighted by molar-refractivity contribution is 7.89. The third kappa shape index (κ3) is 4.76.